The molecule has 0 fully saturated rings. The molecule has 3 nitrogen and oxygen atoms in total. The Kier molecular flexibility index (Phi) is 4.01. The van der Waals surface area contributed by atoms with Crippen molar-refractivity contribution in [2.24, 2.45) is 0 Å². The van der Waals surface area contributed by atoms with E-state index in [2.05, 4.69) is 9.97 Å². The number of carbonyl (C=O) groups is 1. The van der Waals surface area contributed by atoms with Gasteiger partial charge in [-0.1, -0.05) is 11.8 Å². The summed E-state index contributed by atoms with van der Waals surface area (Å²) in [4.78, 5) is 21.1. The molecule has 0 saturated heterocycles. The highest BCUT2D eigenvalue weighted by Crippen LogP contribution is 2.29. The lowest BCUT2D eigenvalue weighted by Gasteiger charge is -2.07. The van der Waals surface area contributed by atoms with E-state index in [-0.39, 0.29) is 11.6 Å². The van der Waals surface area contributed by atoms with Crippen molar-refractivity contribution in [2.75, 3.05) is 5.75 Å². The number of rotatable bonds is 4. The van der Waals surface area contributed by atoms with E-state index in [1.807, 2.05) is 6.92 Å². The van der Waals surface area contributed by atoms with Crippen molar-refractivity contribution in [1.82, 2.24) is 9.97 Å². The predicted molar refractivity (Wildman–Crippen MR) is 80.2 cm³/mol. The monoisotopic (exact) mass is 302 g/mol. The van der Waals surface area contributed by atoms with Gasteiger partial charge in [-0.3, -0.25) is 4.79 Å². The van der Waals surface area contributed by atoms with Gasteiger partial charge in [-0.15, -0.1) is 0 Å². The van der Waals surface area contributed by atoms with Crippen LogP contribution in [-0.4, -0.2) is 21.5 Å². The molecule has 0 N–H and O–H groups in total. The molecule has 108 valence electrons. The number of thioether (sulfide) groups is 1. The second-order valence-electron chi connectivity index (χ2n) is 5.07. The Hall–Kier alpha value is -1.75. The maximum absolute atomic E-state index is 12.9. The largest absolute Gasteiger partial charge is 0.293 e. The molecule has 0 radical (unpaired) electrons. The van der Waals surface area contributed by atoms with Crippen molar-refractivity contribution in [3.63, 3.8) is 0 Å². The Balaban J connectivity index is 1.73. The summed E-state index contributed by atoms with van der Waals surface area (Å²) in [5.41, 5.74) is 2.85. The van der Waals surface area contributed by atoms with Gasteiger partial charge in [0.2, 0.25) is 0 Å². The van der Waals surface area contributed by atoms with Crippen LogP contribution >= 0.6 is 11.8 Å². The zero-order chi connectivity index (χ0) is 14.8. The number of aryl methyl sites for hydroxylation is 2. The number of ketones is 1. The second kappa shape index (κ2) is 5.93. The van der Waals surface area contributed by atoms with Crippen LogP contribution in [0.2, 0.25) is 0 Å². The van der Waals surface area contributed by atoms with Gasteiger partial charge in [0.05, 0.1) is 5.75 Å². The maximum Gasteiger partial charge on any atom is 0.173 e. The van der Waals surface area contributed by atoms with E-state index in [1.54, 1.807) is 0 Å². The first-order chi connectivity index (χ1) is 10.1. The lowest BCUT2D eigenvalue weighted by atomic mass is 10.1. The normalized spacial score (nSPS) is 13.2. The molecule has 0 saturated carbocycles. The summed E-state index contributed by atoms with van der Waals surface area (Å²) in [6.07, 6.45) is 3.09. The number of nitrogens with zero attached hydrogens (tertiary/aromatic N) is 2. The summed E-state index contributed by atoms with van der Waals surface area (Å²) in [5, 5.41) is 0.922. The van der Waals surface area contributed by atoms with Gasteiger partial charge in [-0.2, -0.15) is 0 Å². The number of carbonyl (C=O) groups excluding carboxylic acids is 1. The lowest BCUT2D eigenvalue weighted by Crippen LogP contribution is -2.05. The molecule has 1 aliphatic carbocycles. The third kappa shape index (κ3) is 3.13. The summed E-state index contributed by atoms with van der Waals surface area (Å²) in [6, 6.07) is 5.66. The van der Waals surface area contributed by atoms with Crippen LogP contribution in [0.25, 0.3) is 0 Å². The van der Waals surface area contributed by atoms with E-state index in [4.69, 9.17) is 0 Å². The molecule has 2 aromatic rings. The van der Waals surface area contributed by atoms with Gasteiger partial charge in [0.25, 0.3) is 0 Å². The predicted octanol–water partition coefficient (Wildman–Crippen LogP) is 3.39. The molecule has 0 bridgehead atoms. The van der Waals surface area contributed by atoms with Crippen molar-refractivity contribution in [3.05, 3.63) is 52.7 Å². The lowest BCUT2D eigenvalue weighted by molar-refractivity contribution is 0.102. The topological polar surface area (TPSA) is 42.9 Å². The molecule has 0 amide bonds. The van der Waals surface area contributed by atoms with Crippen molar-refractivity contribution >= 4 is 17.5 Å². The summed E-state index contributed by atoms with van der Waals surface area (Å²) in [7, 11) is 0. The minimum atomic E-state index is -0.330. The summed E-state index contributed by atoms with van der Waals surface area (Å²) in [6.45, 7) is 1.88. The first kappa shape index (κ1) is 14.2. The van der Waals surface area contributed by atoms with Crippen LogP contribution in [-0.2, 0) is 12.8 Å². The number of halogens is 1. The van der Waals surface area contributed by atoms with Gasteiger partial charge in [0.1, 0.15) is 16.7 Å². The molecule has 1 aliphatic rings. The van der Waals surface area contributed by atoms with E-state index < -0.39 is 0 Å². The average Bonchev–Trinajstić information content (AvgIpc) is 2.93. The third-order valence-electron chi connectivity index (χ3n) is 3.51. The van der Waals surface area contributed by atoms with E-state index in [9.17, 15) is 9.18 Å². The zero-order valence-electron chi connectivity index (χ0n) is 11.7. The zero-order valence-corrected chi connectivity index (χ0v) is 12.5. The fourth-order valence-electron chi connectivity index (χ4n) is 2.49. The summed E-state index contributed by atoms with van der Waals surface area (Å²) >= 11 is 1.45. The van der Waals surface area contributed by atoms with Crippen LogP contribution in [0.15, 0.2) is 29.3 Å². The number of benzene rings is 1. The highest BCUT2D eigenvalue weighted by molar-refractivity contribution is 8.00. The molecule has 1 aromatic heterocycles. The number of Topliss-reactive ketones (excluding diaryl/α,β-unsaturated/α-hetero) is 1. The maximum atomic E-state index is 12.9. The van der Waals surface area contributed by atoms with Crippen LogP contribution in [0.1, 0.15) is 33.9 Å². The van der Waals surface area contributed by atoms with Gasteiger partial charge < -0.3 is 0 Å². The first-order valence-electron chi connectivity index (χ1n) is 6.91. The smallest absolute Gasteiger partial charge is 0.173 e. The molecule has 0 spiro atoms. The van der Waals surface area contributed by atoms with Crippen LogP contribution in [0.5, 0.6) is 0 Å². The molecule has 1 heterocycles. The number of hydrogen-bond donors (Lipinski definition) is 0. The van der Waals surface area contributed by atoms with Gasteiger partial charge in [0.15, 0.2) is 5.78 Å². The molecule has 0 atom stereocenters. The minimum Gasteiger partial charge on any atom is -0.293 e. The molecule has 1 aromatic carbocycles. The molecular formula is C16H15FN2OS. The van der Waals surface area contributed by atoms with E-state index in [1.165, 1.54) is 41.6 Å². The van der Waals surface area contributed by atoms with Gasteiger partial charge in [0, 0.05) is 16.8 Å². The van der Waals surface area contributed by atoms with E-state index >= 15 is 0 Å². The van der Waals surface area contributed by atoms with E-state index in [0.717, 1.165) is 35.8 Å². The fourth-order valence-corrected chi connectivity index (χ4v) is 3.51. The van der Waals surface area contributed by atoms with Crippen molar-refractivity contribution in [3.8, 4) is 0 Å². The molecule has 0 unspecified atom stereocenters. The molecule has 21 heavy (non-hydrogen) atoms. The van der Waals surface area contributed by atoms with Gasteiger partial charge >= 0.3 is 0 Å². The minimum absolute atomic E-state index is 0.0111. The Morgan fingerprint density at radius 2 is 2.00 bits per heavy atom. The number of hydrogen-bond acceptors (Lipinski definition) is 4. The second-order valence-corrected chi connectivity index (χ2v) is 6.04. The Bertz CT molecular complexity index is 685. The van der Waals surface area contributed by atoms with Crippen LogP contribution in [0.4, 0.5) is 4.39 Å². The van der Waals surface area contributed by atoms with Gasteiger partial charge in [-0.05, 0) is 50.5 Å². The standard InChI is InChI=1S/C16H15FN2OS/c1-10-18-14-4-2-3-13(14)16(19-10)21-9-15(20)11-5-7-12(17)8-6-11/h5-8H,2-4,9H2,1H3. The van der Waals surface area contributed by atoms with E-state index in [0.29, 0.717) is 11.3 Å². The SMILES string of the molecule is Cc1nc2c(c(SCC(=O)c3ccc(F)cc3)n1)CCC2. The van der Waals surface area contributed by atoms with Gasteiger partial charge in [-0.25, -0.2) is 14.4 Å². The van der Waals surface area contributed by atoms with Crippen molar-refractivity contribution in [1.29, 1.82) is 0 Å². The average molecular weight is 302 g/mol. The number of aromatic nitrogens is 2. The Labute approximate surface area is 127 Å². The first-order valence-corrected chi connectivity index (χ1v) is 7.90. The Morgan fingerprint density at radius 1 is 1.24 bits per heavy atom. The molecule has 5 heteroatoms. The van der Waals surface area contributed by atoms with Crippen LogP contribution in [0.3, 0.4) is 0 Å². The highest BCUT2D eigenvalue weighted by atomic mass is 32.2. The summed E-state index contributed by atoms with van der Waals surface area (Å²) < 4.78 is 12.9. The number of fused-ring (bicyclic) bond motifs is 1. The quantitative estimate of drug-likeness (QED) is 0.493. The molecular weight excluding hydrogens is 287 g/mol. The molecule has 0 aliphatic heterocycles. The van der Waals surface area contributed by atoms with Crippen LogP contribution < -0.4 is 0 Å². The summed E-state index contributed by atoms with van der Waals surface area (Å²) in [5.74, 6) is 0.730. The van der Waals surface area contributed by atoms with Crippen LogP contribution in [0, 0.1) is 12.7 Å². The third-order valence-corrected chi connectivity index (χ3v) is 4.53. The van der Waals surface area contributed by atoms with Crippen molar-refractivity contribution in [2.45, 2.75) is 31.2 Å². The Morgan fingerprint density at radius 3 is 2.76 bits per heavy atom. The highest BCUT2D eigenvalue weighted by Gasteiger charge is 2.19. The van der Waals surface area contributed by atoms with Crippen molar-refractivity contribution < 1.29 is 9.18 Å². The fraction of sp³-hybridized carbons (Fsp3) is 0.312. The molecule has 3 rings (SSSR count).